The smallest absolute Gasteiger partial charge is 0.139 e. The third kappa shape index (κ3) is 2.33. The van der Waals surface area contributed by atoms with Gasteiger partial charge < -0.3 is 10.5 Å². The third-order valence-electron chi connectivity index (χ3n) is 3.97. The van der Waals surface area contributed by atoms with Gasteiger partial charge in [-0.3, -0.25) is 0 Å². The summed E-state index contributed by atoms with van der Waals surface area (Å²) in [5.41, 5.74) is 6.12. The van der Waals surface area contributed by atoms with Crippen molar-refractivity contribution in [2.45, 2.75) is 38.8 Å². The van der Waals surface area contributed by atoms with Gasteiger partial charge in [0.05, 0.1) is 5.02 Å². The topological polar surface area (TPSA) is 35.2 Å². The fourth-order valence-corrected chi connectivity index (χ4v) is 2.74. The number of ether oxygens (including phenoxy) is 1. The summed E-state index contributed by atoms with van der Waals surface area (Å²) in [7, 11) is 0. The molecule has 2 nitrogen and oxygen atoms in total. The minimum absolute atomic E-state index is 0.0612. The van der Waals surface area contributed by atoms with Gasteiger partial charge >= 0.3 is 0 Å². The van der Waals surface area contributed by atoms with E-state index < -0.39 is 0 Å². The summed E-state index contributed by atoms with van der Waals surface area (Å²) in [5, 5.41) is 0.645. The quantitative estimate of drug-likeness (QED) is 0.914. The Hall–Kier alpha value is -0.250. The summed E-state index contributed by atoms with van der Waals surface area (Å²) in [6.45, 7) is 4.33. The van der Waals surface area contributed by atoms with Gasteiger partial charge in [0, 0.05) is 22.4 Å². The maximum atomic E-state index is 6.12. The normalized spacial score (nSPS) is 32.1. The van der Waals surface area contributed by atoms with Crippen molar-refractivity contribution in [3.63, 3.8) is 0 Å². The average Bonchev–Trinajstić information content (AvgIpc) is 2.32. The zero-order chi connectivity index (χ0) is 12.6. The van der Waals surface area contributed by atoms with Crippen molar-refractivity contribution < 1.29 is 4.74 Å². The molecule has 3 unspecified atom stereocenters. The molecule has 17 heavy (non-hydrogen) atoms. The highest BCUT2D eigenvalue weighted by molar-refractivity contribution is 9.10. The fourth-order valence-electron chi connectivity index (χ4n) is 2.24. The van der Waals surface area contributed by atoms with E-state index in [9.17, 15) is 0 Å². The van der Waals surface area contributed by atoms with Gasteiger partial charge in [-0.15, -0.1) is 0 Å². The van der Waals surface area contributed by atoms with Crippen LogP contribution in [-0.4, -0.2) is 12.1 Å². The van der Waals surface area contributed by atoms with E-state index in [0.717, 1.165) is 23.1 Å². The standard InChI is InChI=1S/C13H17BrClNO/c1-3-13(2)11(16)7-12(13)17-10-6-8(14)4-5-9(10)15/h4-6,11-12H,3,7,16H2,1-2H3. The number of rotatable bonds is 3. The first-order valence-electron chi connectivity index (χ1n) is 5.84. The lowest BCUT2D eigenvalue weighted by Crippen LogP contribution is -2.61. The minimum Gasteiger partial charge on any atom is -0.488 e. The van der Waals surface area contributed by atoms with E-state index in [1.807, 2.05) is 18.2 Å². The van der Waals surface area contributed by atoms with Crippen LogP contribution >= 0.6 is 27.5 Å². The lowest BCUT2D eigenvalue weighted by molar-refractivity contribution is -0.0559. The van der Waals surface area contributed by atoms with Gasteiger partial charge in [0.1, 0.15) is 11.9 Å². The lowest BCUT2D eigenvalue weighted by Gasteiger charge is -2.51. The predicted molar refractivity (Wildman–Crippen MR) is 74.6 cm³/mol. The second kappa shape index (κ2) is 4.79. The van der Waals surface area contributed by atoms with Crippen molar-refractivity contribution in [2.75, 3.05) is 0 Å². The van der Waals surface area contributed by atoms with Gasteiger partial charge in [-0.25, -0.2) is 0 Å². The molecule has 1 fully saturated rings. The van der Waals surface area contributed by atoms with Gasteiger partial charge in [0.15, 0.2) is 0 Å². The largest absolute Gasteiger partial charge is 0.488 e. The van der Waals surface area contributed by atoms with Gasteiger partial charge in [0.25, 0.3) is 0 Å². The van der Waals surface area contributed by atoms with E-state index in [4.69, 9.17) is 22.1 Å². The molecule has 0 spiro atoms. The molecule has 3 atom stereocenters. The van der Waals surface area contributed by atoms with Crippen LogP contribution in [0.5, 0.6) is 5.75 Å². The Bertz CT molecular complexity index is 426. The van der Waals surface area contributed by atoms with E-state index in [2.05, 4.69) is 29.8 Å². The number of nitrogens with two attached hydrogens (primary N) is 1. The van der Waals surface area contributed by atoms with Gasteiger partial charge in [-0.2, -0.15) is 0 Å². The van der Waals surface area contributed by atoms with Gasteiger partial charge in [-0.1, -0.05) is 41.4 Å². The summed E-state index contributed by atoms with van der Waals surface area (Å²) in [4.78, 5) is 0. The Morgan fingerprint density at radius 2 is 2.29 bits per heavy atom. The van der Waals surface area contributed by atoms with Crippen LogP contribution in [0.2, 0.25) is 5.02 Å². The highest BCUT2D eigenvalue weighted by atomic mass is 79.9. The molecule has 94 valence electrons. The Morgan fingerprint density at radius 1 is 1.59 bits per heavy atom. The predicted octanol–water partition coefficient (Wildman–Crippen LogP) is 4.00. The van der Waals surface area contributed by atoms with E-state index in [0.29, 0.717) is 5.02 Å². The molecule has 0 amide bonds. The number of hydrogen-bond donors (Lipinski definition) is 1. The molecule has 4 heteroatoms. The van der Waals surface area contributed by atoms with Gasteiger partial charge in [0.2, 0.25) is 0 Å². The summed E-state index contributed by atoms with van der Waals surface area (Å²) in [5.74, 6) is 0.734. The zero-order valence-corrected chi connectivity index (χ0v) is 12.4. The fraction of sp³-hybridized carbons (Fsp3) is 0.538. The third-order valence-corrected chi connectivity index (χ3v) is 4.78. The maximum absolute atomic E-state index is 6.12. The highest BCUT2D eigenvalue weighted by Gasteiger charge is 2.50. The molecule has 1 aliphatic rings. The molecule has 1 aromatic carbocycles. The molecule has 0 bridgehead atoms. The molecule has 1 aromatic rings. The van der Waals surface area contributed by atoms with Gasteiger partial charge in [-0.05, 0) is 24.6 Å². The second-order valence-corrected chi connectivity index (χ2v) is 6.21. The maximum Gasteiger partial charge on any atom is 0.139 e. The highest BCUT2D eigenvalue weighted by Crippen LogP contribution is 2.45. The minimum atomic E-state index is 0.0612. The van der Waals surface area contributed by atoms with Crippen molar-refractivity contribution in [2.24, 2.45) is 11.1 Å². The summed E-state index contributed by atoms with van der Waals surface area (Å²) in [6.07, 6.45) is 2.08. The molecule has 0 saturated heterocycles. The van der Waals surface area contributed by atoms with E-state index in [-0.39, 0.29) is 17.6 Å². The summed E-state index contributed by atoms with van der Waals surface area (Å²) >= 11 is 9.54. The average molecular weight is 319 g/mol. The molecule has 2 N–H and O–H groups in total. The first-order valence-corrected chi connectivity index (χ1v) is 7.01. The first-order chi connectivity index (χ1) is 7.97. The Balaban J connectivity index is 2.14. The van der Waals surface area contributed by atoms with Crippen molar-refractivity contribution in [3.8, 4) is 5.75 Å². The molecule has 2 rings (SSSR count). The van der Waals surface area contributed by atoms with Crippen LogP contribution in [-0.2, 0) is 0 Å². The molecular weight excluding hydrogens is 302 g/mol. The van der Waals surface area contributed by atoms with Crippen LogP contribution in [0.4, 0.5) is 0 Å². The summed E-state index contributed by atoms with van der Waals surface area (Å²) in [6, 6.07) is 5.87. The Labute approximate surface area is 116 Å². The van der Waals surface area contributed by atoms with Crippen molar-refractivity contribution >= 4 is 27.5 Å². The molecule has 0 aromatic heterocycles. The molecule has 1 saturated carbocycles. The SMILES string of the molecule is CCC1(C)C(N)CC1Oc1cc(Br)ccc1Cl. The number of hydrogen-bond acceptors (Lipinski definition) is 2. The van der Waals surface area contributed by atoms with Crippen LogP contribution in [0.3, 0.4) is 0 Å². The zero-order valence-electron chi connectivity index (χ0n) is 10.0. The van der Waals surface area contributed by atoms with Crippen LogP contribution in [0, 0.1) is 5.41 Å². The molecule has 0 aliphatic heterocycles. The first kappa shape index (κ1) is 13.2. The van der Waals surface area contributed by atoms with Crippen molar-refractivity contribution in [1.82, 2.24) is 0 Å². The van der Waals surface area contributed by atoms with Crippen molar-refractivity contribution in [3.05, 3.63) is 27.7 Å². The Kier molecular flexibility index (Phi) is 3.71. The number of halogens is 2. The van der Waals surface area contributed by atoms with E-state index in [1.54, 1.807) is 0 Å². The summed E-state index contributed by atoms with van der Waals surface area (Å²) < 4.78 is 6.97. The molecule has 1 aliphatic carbocycles. The monoisotopic (exact) mass is 317 g/mol. The Morgan fingerprint density at radius 3 is 2.88 bits per heavy atom. The second-order valence-electron chi connectivity index (χ2n) is 4.88. The lowest BCUT2D eigenvalue weighted by atomic mass is 9.62. The number of benzene rings is 1. The van der Waals surface area contributed by atoms with Crippen molar-refractivity contribution in [1.29, 1.82) is 0 Å². The molecule has 0 heterocycles. The molecular formula is C13H17BrClNO. The van der Waals surface area contributed by atoms with E-state index >= 15 is 0 Å². The van der Waals surface area contributed by atoms with Crippen LogP contribution in [0.25, 0.3) is 0 Å². The van der Waals surface area contributed by atoms with Crippen LogP contribution in [0.1, 0.15) is 26.7 Å². The molecule has 0 radical (unpaired) electrons. The van der Waals surface area contributed by atoms with E-state index in [1.165, 1.54) is 0 Å². The van der Waals surface area contributed by atoms with Crippen LogP contribution in [0.15, 0.2) is 22.7 Å². The van der Waals surface area contributed by atoms with Crippen LogP contribution < -0.4 is 10.5 Å².